The van der Waals surface area contributed by atoms with E-state index in [4.69, 9.17) is 4.74 Å². The summed E-state index contributed by atoms with van der Waals surface area (Å²) in [5.41, 5.74) is 0.656. The Morgan fingerprint density at radius 3 is 2.85 bits per heavy atom. The van der Waals surface area contributed by atoms with Gasteiger partial charge in [-0.3, -0.25) is 15.0 Å². The van der Waals surface area contributed by atoms with Crippen LogP contribution in [-0.4, -0.2) is 36.8 Å². The fourth-order valence-electron chi connectivity index (χ4n) is 3.75. The van der Waals surface area contributed by atoms with Crippen LogP contribution >= 0.6 is 0 Å². The summed E-state index contributed by atoms with van der Waals surface area (Å²) < 4.78 is 60.2. The van der Waals surface area contributed by atoms with Gasteiger partial charge in [0.2, 0.25) is 5.88 Å². The topological polar surface area (TPSA) is 110 Å². The number of carbonyl (C=O) groups excluding carboxylic acids is 1. The summed E-state index contributed by atoms with van der Waals surface area (Å²) in [5.74, 6) is -0.859. The fourth-order valence-corrected chi connectivity index (χ4v) is 3.75. The molecule has 1 aliphatic rings. The summed E-state index contributed by atoms with van der Waals surface area (Å²) in [6.07, 6.45) is -1.37. The molecule has 1 atom stereocenters. The van der Waals surface area contributed by atoms with Gasteiger partial charge in [0.25, 0.3) is 0 Å². The van der Waals surface area contributed by atoms with E-state index in [0.717, 1.165) is 15.8 Å². The molecule has 1 amide bonds. The van der Waals surface area contributed by atoms with E-state index in [9.17, 15) is 18.0 Å². The average molecular weight is 475 g/mol. The van der Waals surface area contributed by atoms with Gasteiger partial charge in [-0.2, -0.15) is 18.3 Å². The van der Waals surface area contributed by atoms with Crippen LogP contribution in [0.2, 0.25) is 0 Å². The number of anilines is 1. The number of halogens is 4. The third-order valence-corrected chi connectivity index (χ3v) is 5.44. The van der Waals surface area contributed by atoms with E-state index in [1.165, 1.54) is 30.7 Å². The zero-order valence-electron chi connectivity index (χ0n) is 17.6. The lowest BCUT2D eigenvalue weighted by atomic mass is 10.0. The van der Waals surface area contributed by atoms with Crippen LogP contribution in [0.15, 0.2) is 36.8 Å². The van der Waals surface area contributed by atoms with Crippen LogP contribution in [0.25, 0.3) is 10.9 Å². The van der Waals surface area contributed by atoms with Crippen LogP contribution in [-0.2, 0) is 19.1 Å². The minimum absolute atomic E-state index is 0.0835. The van der Waals surface area contributed by atoms with Gasteiger partial charge in [0.1, 0.15) is 12.0 Å². The molecule has 9 nitrogen and oxygen atoms in total. The Bertz CT molecular complexity index is 1400. The van der Waals surface area contributed by atoms with Crippen LogP contribution in [0.3, 0.4) is 0 Å². The number of fused-ring (bicyclic) bond motifs is 2. The first-order valence-electron chi connectivity index (χ1n) is 10.2. The van der Waals surface area contributed by atoms with Gasteiger partial charge in [0.15, 0.2) is 17.4 Å². The third kappa shape index (κ3) is 3.94. The lowest BCUT2D eigenvalue weighted by Crippen LogP contribution is -2.33. The van der Waals surface area contributed by atoms with Crippen LogP contribution in [0.5, 0.6) is 11.6 Å². The number of nitrogens with zero attached hydrogens (tertiary/aromatic N) is 4. The molecule has 176 valence electrons. The SMILES string of the molecule is CC1Cc2c(ncnc2Oc2ccc3c(ccn3C(=O)Nc3cc(C(F)(F)F)[nH]n3)c2F)CN1. The van der Waals surface area contributed by atoms with E-state index in [2.05, 4.69) is 25.7 Å². The van der Waals surface area contributed by atoms with Crippen LogP contribution < -0.4 is 15.4 Å². The maximum Gasteiger partial charge on any atom is 0.432 e. The third-order valence-electron chi connectivity index (χ3n) is 5.44. The van der Waals surface area contributed by atoms with Crippen molar-refractivity contribution in [2.45, 2.75) is 32.1 Å². The second kappa shape index (κ2) is 8.09. The molecule has 5 rings (SSSR count). The molecule has 4 aromatic rings. The molecule has 0 saturated carbocycles. The van der Waals surface area contributed by atoms with E-state index in [0.29, 0.717) is 19.0 Å². The van der Waals surface area contributed by atoms with E-state index >= 15 is 4.39 Å². The lowest BCUT2D eigenvalue weighted by molar-refractivity contribution is -0.141. The van der Waals surface area contributed by atoms with Gasteiger partial charge >= 0.3 is 12.2 Å². The Balaban J connectivity index is 1.41. The highest BCUT2D eigenvalue weighted by Gasteiger charge is 2.33. The smallest absolute Gasteiger partial charge is 0.432 e. The molecule has 4 heterocycles. The van der Waals surface area contributed by atoms with Crippen LogP contribution in [0, 0.1) is 5.82 Å². The number of rotatable bonds is 3. The minimum atomic E-state index is -4.63. The number of nitrogens with one attached hydrogen (secondary N) is 3. The number of hydrogen-bond donors (Lipinski definition) is 3. The van der Waals surface area contributed by atoms with Crippen molar-refractivity contribution in [2.75, 3.05) is 5.32 Å². The molecule has 0 saturated heterocycles. The summed E-state index contributed by atoms with van der Waals surface area (Å²) in [6, 6.07) is 4.23. The van der Waals surface area contributed by atoms with Crippen molar-refractivity contribution in [1.82, 2.24) is 30.0 Å². The van der Waals surface area contributed by atoms with Crippen molar-refractivity contribution in [3.05, 3.63) is 59.6 Å². The quantitative estimate of drug-likeness (QED) is 0.383. The Labute approximate surface area is 189 Å². The summed E-state index contributed by atoms with van der Waals surface area (Å²) in [4.78, 5) is 21.0. The maximum absolute atomic E-state index is 15.2. The van der Waals surface area contributed by atoms with Gasteiger partial charge in [-0.1, -0.05) is 0 Å². The molecular formula is C21H17F4N7O2. The zero-order valence-corrected chi connectivity index (χ0v) is 17.6. The highest BCUT2D eigenvalue weighted by Crippen LogP contribution is 2.33. The van der Waals surface area contributed by atoms with Gasteiger partial charge < -0.3 is 10.1 Å². The minimum Gasteiger partial charge on any atom is -0.436 e. The first-order valence-corrected chi connectivity index (χ1v) is 10.2. The van der Waals surface area contributed by atoms with E-state index in [-0.39, 0.29) is 34.4 Å². The molecule has 0 aliphatic carbocycles. The first-order chi connectivity index (χ1) is 16.2. The van der Waals surface area contributed by atoms with Crippen molar-refractivity contribution < 1.29 is 27.1 Å². The Hall–Kier alpha value is -4.00. The van der Waals surface area contributed by atoms with Gasteiger partial charge in [-0.15, -0.1) is 0 Å². The molecule has 0 fully saturated rings. The molecular weight excluding hydrogens is 458 g/mol. The number of aromatic nitrogens is 5. The number of H-pyrrole nitrogens is 1. The maximum atomic E-state index is 15.2. The Morgan fingerprint density at radius 1 is 1.26 bits per heavy atom. The predicted molar refractivity (Wildman–Crippen MR) is 112 cm³/mol. The number of ether oxygens (including phenoxy) is 1. The molecule has 0 bridgehead atoms. The monoisotopic (exact) mass is 475 g/mol. The summed E-state index contributed by atoms with van der Waals surface area (Å²) in [5, 5.41) is 10.9. The molecule has 0 spiro atoms. The Morgan fingerprint density at radius 2 is 2.09 bits per heavy atom. The number of alkyl halides is 3. The van der Waals surface area contributed by atoms with E-state index < -0.39 is 23.7 Å². The predicted octanol–water partition coefficient (Wildman–Crippen LogP) is 4.22. The van der Waals surface area contributed by atoms with E-state index in [1.54, 1.807) is 0 Å². The fraction of sp³-hybridized carbons (Fsp3) is 0.238. The highest BCUT2D eigenvalue weighted by molar-refractivity contribution is 5.98. The Kier molecular flexibility index (Phi) is 5.20. The average Bonchev–Trinajstić information content (AvgIpc) is 3.43. The normalized spacial score (nSPS) is 15.9. The summed E-state index contributed by atoms with van der Waals surface area (Å²) >= 11 is 0. The number of carbonyl (C=O) groups is 1. The van der Waals surface area contributed by atoms with Gasteiger partial charge in [0.05, 0.1) is 11.2 Å². The molecule has 1 unspecified atom stereocenters. The molecule has 3 aromatic heterocycles. The molecule has 34 heavy (non-hydrogen) atoms. The zero-order chi connectivity index (χ0) is 24.0. The van der Waals surface area contributed by atoms with Crippen molar-refractivity contribution in [3.8, 4) is 11.6 Å². The largest absolute Gasteiger partial charge is 0.436 e. The van der Waals surface area contributed by atoms with E-state index in [1.807, 2.05) is 12.0 Å². The van der Waals surface area contributed by atoms with Gasteiger partial charge in [-0.05, 0) is 31.5 Å². The number of hydrogen-bond acceptors (Lipinski definition) is 6. The van der Waals surface area contributed by atoms with Crippen molar-refractivity contribution in [2.24, 2.45) is 0 Å². The molecule has 1 aliphatic heterocycles. The van der Waals surface area contributed by atoms with Crippen LogP contribution in [0.4, 0.5) is 28.2 Å². The number of benzene rings is 1. The lowest BCUT2D eigenvalue weighted by Gasteiger charge is -2.23. The molecule has 1 aromatic carbocycles. The second-order valence-electron chi connectivity index (χ2n) is 7.78. The van der Waals surface area contributed by atoms with Gasteiger partial charge in [-0.25, -0.2) is 19.2 Å². The van der Waals surface area contributed by atoms with Crippen molar-refractivity contribution >= 4 is 22.8 Å². The molecule has 0 radical (unpaired) electrons. The standard InChI is InChI=1S/C21H17F4N7O2/c1-10-6-12-13(8-26-10)27-9-28-19(12)34-15-3-2-14-11(18(15)22)4-5-32(14)20(33)29-17-7-16(30-31-17)21(23,24)25/h2-5,7,9-10,26H,6,8H2,1H3,(H2,29,30,31,33). The molecule has 3 N–H and O–H groups in total. The number of aromatic amines is 1. The van der Waals surface area contributed by atoms with Crippen LogP contribution in [0.1, 0.15) is 23.9 Å². The second-order valence-corrected chi connectivity index (χ2v) is 7.78. The van der Waals surface area contributed by atoms with Crippen molar-refractivity contribution in [1.29, 1.82) is 0 Å². The number of amides is 1. The first kappa shape index (κ1) is 21.8. The summed E-state index contributed by atoms with van der Waals surface area (Å²) in [7, 11) is 0. The molecule has 13 heteroatoms. The highest BCUT2D eigenvalue weighted by atomic mass is 19.4. The van der Waals surface area contributed by atoms with Gasteiger partial charge in [0, 0.05) is 35.8 Å². The summed E-state index contributed by atoms with van der Waals surface area (Å²) in [6.45, 7) is 2.56. The van der Waals surface area contributed by atoms with Crippen molar-refractivity contribution in [3.63, 3.8) is 0 Å².